The highest BCUT2D eigenvalue weighted by molar-refractivity contribution is 5.85. The van der Waals surface area contributed by atoms with Crippen molar-refractivity contribution < 1.29 is 4.74 Å². The van der Waals surface area contributed by atoms with E-state index in [0.29, 0.717) is 11.8 Å². The topological polar surface area (TPSA) is 35.2 Å². The smallest absolute Gasteiger partial charge is 0.122 e. The maximum atomic E-state index is 5.89. The number of ether oxygens (including phenoxy) is 1. The van der Waals surface area contributed by atoms with Gasteiger partial charge in [0.25, 0.3) is 0 Å². The first-order valence-electron chi connectivity index (χ1n) is 6.69. The average Bonchev–Trinajstić information content (AvgIpc) is 3.10. The van der Waals surface area contributed by atoms with Crippen molar-refractivity contribution >= 4 is 12.4 Å². The number of benzene rings is 1. The van der Waals surface area contributed by atoms with Crippen LogP contribution in [0.3, 0.4) is 0 Å². The molecule has 1 aliphatic carbocycles. The van der Waals surface area contributed by atoms with Gasteiger partial charge in [-0.15, -0.1) is 12.4 Å². The first kappa shape index (κ1) is 15.3. The van der Waals surface area contributed by atoms with Gasteiger partial charge in [0.2, 0.25) is 0 Å². The highest BCUT2D eigenvalue weighted by Crippen LogP contribution is 2.49. The number of aryl methyl sites for hydroxylation is 1. The molecule has 0 unspecified atom stereocenters. The van der Waals surface area contributed by atoms with Gasteiger partial charge >= 0.3 is 0 Å². The summed E-state index contributed by atoms with van der Waals surface area (Å²) in [7, 11) is 0. The average molecular weight is 270 g/mol. The minimum atomic E-state index is 0. The van der Waals surface area contributed by atoms with Gasteiger partial charge in [-0.3, -0.25) is 0 Å². The molecule has 2 atom stereocenters. The molecule has 0 heterocycles. The van der Waals surface area contributed by atoms with E-state index in [1.165, 1.54) is 24.0 Å². The largest absolute Gasteiger partial charge is 0.493 e. The number of hydrogen-bond acceptors (Lipinski definition) is 2. The molecule has 0 amide bonds. The second-order valence-corrected chi connectivity index (χ2v) is 5.08. The fourth-order valence-electron chi connectivity index (χ4n) is 2.30. The van der Waals surface area contributed by atoms with E-state index < -0.39 is 0 Å². The molecule has 18 heavy (non-hydrogen) atoms. The first-order valence-corrected chi connectivity index (χ1v) is 6.69. The van der Waals surface area contributed by atoms with Crippen molar-refractivity contribution in [3.05, 3.63) is 29.3 Å². The Morgan fingerprint density at radius 1 is 1.39 bits per heavy atom. The van der Waals surface area contributed by atoms with Crippen LogP contribution in [0.25, 0.3) is 0 Å². The van der Waals surface area contributed by atoms with Crippen molar-refractivity contribution in [3.63, 3.8) is 0 Å². The summed E-state index contributed by atoms with van der Waals surface area (Å²) in [5.74, 6) is 2.38. The van der Waals surface area contributed by atoms with Crippen LogP contribution in [0.15, 0.2) is 18.2 Å². The molecule has 102 valence electrons. The monoisotopic (exact) mass is 269 g/mol. The molecule has 0 spiro atoms. The molecule has 1 saturated carbocycles. The van der Waals surface area contributed by atoms with Gasteiger partial charge in [0.05, 0.1) is 6.61 Å². The maximum absolute atomic E-state index is 5.89. The van der Waals surface area contributed by atoms with Crippen molar-refractivity contribution in [3.8, 4) is 5.75 Å². The minimum Gasteiger partial charge on any atom is -0.493 e. The van der Waals surface area contributed by atoms with Crippen LogP contribution < -0.4 is 10.5 Å². The van der Waals surface area contributed by atoms with E-state index in [2.05, 4.69) is 32.0 Å². The number of rotatable bonds is 6. The standard InChI is InChI=1S/C15H23NO.ClH/c1-3-4-7-17-15-6-5-11(2)8-14(15)13-9-12(13)10-16;/h5-6,8,12-13H,3-4,7,9-10,16H2,1-2H3;1H/t12-,13+;/m1./s1. The summed E-state index contributed by atoms with van der Waals surface area (Å²) in [4.78, 5) is 0. The van der Waals surface area contributed by atoms with Crippen LogP contribution in [-0.4, -0.2) is 13.2 Å². The van der Waals surface area contributed by atoms with Gasteiger partial charge in [-0.25, -0.2) is 0 Å². The highest BCUT2D eigenvalue weighted by Gasteiger charge is 2.38. The fraction of sp³-hybridized carbons (Fsp3) is 0.600. The zero-order valence-corrected chi connectivity index (χ0v) is 12.1. The molecule has 1 aliphatic rings. The summed E-state index contributed by atoms with van der Waals surface area (Å²) in [6.07, 6.45) is 3.53. The minimum absolute atomic E-state index is 0. The molecule has 0 radical (unpaired) electrons. The molecule has 0 aromatic heterocycles. The van der Waals surface area contributed by atoms with Crippen molar-refractivity contribution in [1.82, 2.24) is 0 Å². The summed E-state index contributed by atoms with van der Waals surface area (Å²) < 4.78 is 5.89. The molecular formula is C15H24ClNO. The third kappa shape index (κ3) is 3.63. The Kier molecular flexibility index (Phi) is 5.97. The van der Waals surface area contributed by atoms with E-state index in [4.69, 9.17) is 10.5 Å². The summed E-state index contributed by atoms with van der Waals surface area (Å²) in [5, 5.41) is 0. The van der Waals surface area contributed by atoms with Gasteiger partial charge in [0.1, 0.15) is 5.75 Å². The Bertz CT molecular complexity index is 381. The molecule has 3 heteroatoms. The van der Waals surface area contributed by atoms with Gasteiger partial charge in [-0.1, -0.05) is 31.0 Å². The van der Waals surface area contributed by atoms with Gasteiger partial charge in [-0.2, -0.15) is 0 Å². The van der Waals surface area contributed by atoms with Crippen molar-refractivity contribution in [1.29, 1.82) is 0 Å². The molecule has 2 N–H and O–H groups in total. The van der Waals surface area contributed by atoms with Gasteiger partial charge in [-0.05, 0) is 49.8 Å². The second-order valence-electron chi connectivity index (χ2n) is 5.08. The summed E-state index contributed by atoms with van der Waals surface area (Å²) >= 11 is 0. The third-order valence-electron chi connectivity index (χ3n) is 3.55. The molecule has 0 bridgehead atoms. The SMILES string of the molecule is CCCCOc1ccc(C)cc1[C@H]1C[C@@H]1CN.Cl. The van der Waals surface area contributed by atoms with Crippen molar-refractivity contribution in [2.24, 2.45) is 11.7 Å². The van der Waals surface area contributed by atoms with E-state index in [1.807, 2.05) is 0 Å². The van der Waals surface area contributed by atoms with Gasteiger partial charge in [0.15, 0.2) is 0 Å². The van der Waals surface area contributed by atoms with Crippen molar-refractivity contribution in [2.45, 2.75) is 39.0 Å². The highest BCUT2D eigenvalue weighted by atomic mass is 35.5. The van der Waals surface area contributed by atoms with E-state index in [9.17, 15) is 0 Å². The Morgan fingerprint density at radius 3 is 2.78 bits per heavy atom. The molecule has 1 aromatic rings. The fourth-order valence-corrected chi connectivity index (χ4v) is 2.30. The van der Waals surface area contributed by atoms with Crippen molar-refractivity contribution in [2.75, 3.05) is 13.2 Å². The molecule has 1 fully saturated rings. The Labute approximate surface area is 116 Å². The summed E-state index contributed by atoms with van der Waals surface area (Å²) in [6, 6.07) is 6.51. The van der Waals surface area contributed by atoms with E-state index in [0.717, 1.165) is 25.3 Å². The van der Waals surface area contributed by atoms with Crippen LogP contribution >= 0.6 is 12.4 Å². The molecule has 2 nitrogen and oxygen atoms in total. The number of unbranched alkanes of at least 4 members (excludes halogenated alkanes) is 1. The molecule has 0 saturated heterocycles. The lowest BCUT2D eigenvalue weighted by Crippen LogP contribution is -2.04. The number of halogens is 1. The second kappa shape index (κ2) is 7.01. The Balaban J connectivity index is 0.00000162. The summed E-state index contributed by atoms with van der Waals surface area (Å²) in [6.45, 7) is 5.95. The predicted molar refractivity (Wildman–Crippen MR) is 78.7 cm³/mol. The zero-order valence-electron chi connectivity index (χ0n) is 11.3. The van der Waals surface area contributed by atoms with Crippen LogP contribution in [0.1, 0.15) is 43.2 Å². The third-order valence-corrected chi connectivity index (χ3v) is 3.55. The lowest BCUT2D eigenvalue weighted by atomic mass is 10.0. The van der Waals surface area contributed by atoms with E-state index >= 15 is 0 Å². The van der Waals surface area contributed by atoms with Crippen LogP contribution in [0.4, 0.5) is 0 Å². The lowest BCUT2D eigenvalue weighted by molar-refractivity contribution is 0.306. The van der Waals surface area contributed by atoms with Crippen LogP contribution in [-0.2, 0) is 0 Å². The number of hydrogen-bond donors (Lipinski definition) is 1. The Morgan fingerprint density at radius 2 is 2.17 bits per heavy atom. The van der Waals surface area contributed by atoms with Crippen LogP contribution in [0, 0.1) is 12.8 Å². The quantitative estimate of drug-likeness (QED) is 0.800. The normalized spacial score (nSPS) is 21.3. The first-order chi connectivity index (χ1) is 8.26. The maximum Gasteiger partial charge on any atom is 0.122 e. The number of nitrogens with two attached hydrogens (primary N) is 1. The summed E-state index contributed by atoms with van der Waals surface area (Å²) in [5.41, 5.74) is 8.41. The molecule has 1 aromatic carbocycles. The van der Waals surface area contributed by atoms with Crippen LogP contribution in [0.2, 0.25) is 0 Å². The van der Waals surface area contributed by atoms with E-state index in [1.54, 1.807) is 0 Å². The molecule has 0 aliphatic heterocycles. The zero-order chi connectivity index (χ0) is 12.3. The van der Waals surface area contributed by atoms with E-state index in [-0.39, 0.29) is 12.4 Å². The Hall–Kier alpha value is -0.730. The van der Waals surface area contributed by atoms with Gasteiger partial charge < -0.3 is 10.5 Å². The lowest BCUT2D eigenvalue weighted by Gasteiger charge is -2.12. The predicted octanol–water partition coefficient (Wildman–Crippen LogP) is 3.66. The van der Waals surface area contributed by atoms with Gasteiger partial charge in [0, 0.05) is 0 Å². The molecular weight excluding hydrogens is 246 g/mol. The molecule has 2 rings (SSSR count). The van der Waals surface area contributed by atoms with Crippen LogP contribution in [0.5, 0.6) is 5.75 Å².